The lowest BCUT2D eigenvalue weighted by Gasteiger charge is -2.33. The first kappa shape index (κ1) is 15.2. The molecule has 2 rings (SSSR count). The van der Waals surface area contributed by atoms with E-state index in [1.165, 1.54) is 12.1 Å². The molecule has 1 saturated heterocycles. The highest BCUT2D eigenvalue weighted by Gasteiger charge is 2.16. The van der Waals surface area contributed by atoms with Crippen molar-refractivity contribution in [1.29, 1.82) is 0 Å². The SMILES string of the molecule is C[C@H]1CNCCN1CCOc1cccc(F)c1.Cl. The van der Waals surface area contributed by atoms with Gasteiger partial charge in [-0.15, -0.1) is 12.4 Å². The van der Waals surface area contributed by atoms with Crippen LogP contribution in [-0.2, 0) is 0 Å². The van der Waals surface area contributed by atoms with E-state index in [1.54, 1.807) is 12.1 Å². The summed E-state index contributed by atoms with van der Waals surface area (Å²) in [6.45, 7) is 6.81. The molecule has 0 aliphatic carbocycles. The van der Waals surface area contributed by atoms with Crippen LogP contribution in [0.1, 0.15) is 6.92 Å². The highest BCUT2D eigenvalue weighted by Crippen LogP contribution is 2.12. The van der Waals surface area contributed by atoms with Gasteiger partial charge in [0.25, 0.3) is 0 Å². The molecular weight excluding hydrogens is 255 g/mol. The van der Waals surface area contributed by atoms with Gasteiger partial charge in [0.05, 0.1) is 0 Å². The number of piperazine rings is 1. The number of nitrogens with one attached hydrogen (secondary N) is 1. The lowest BCUT2D eigenvalue weighted by Crippen LogP contribution is -2.50. The number of halogens is 2. The second-order valence-electron chi connectivity index (χ2n) is 4.39. The number of ether oxygens (including phenoxy) is 1. The fraction of sp³-hybridized carbons (Fsp3) is 0.538. The van der Waals surface area contributed by atoms with Crippen molar-refractivity contribution in [2.75, 3.05) is 32.8 Å². The molecule has 0 unspecified atom stereocenters. The molecule has 1 aromatic carbocycles. The molecule has 0 saturated carbocycles. The maximum atomic E-state index is 12.9. The molecule has 5 heteroatoms. The average Bonchev–Trinajstić information content (AvgIpc) is 2.32. The summed E-state index contributed by atoms with van der Waals surface area (Å²) in [5, 5.41) is 3.35. The zero-order chi connectivity index (χ0) is 12.1. The van der Waals surface area contributed by atoms with Gasteiger partial charge >= 0.3 is 0 Å². The minimum Gasteiger partial charge on any atom is -0.492 e. The molecule has 3 nitrogen and oxygen atoms in total. The number of hydrogen-bond donors (Lipinski definition) is 1. The van der Waals surface area contributed by atoms with Gasteiger partial charge in [-0.05, 0) is 19.1 Å². The van der Waals surface area contributed by atoms with Gasteiger partial charge in [0.1, 0.15) is 18.2 Å². The quantitative estimate of drug-likeness (QED) is 0.908. The Labute approximate surface area is 114 Å². The standard InChI is InChI=1S/C13H19FN2O.ClH/c1-11-10-15-5-6-16(11)7-8-17-13-4-2-3-12(14)9-13;/h2-4,9,11,15H,5-8,10H2,1H3;1H/t11-;/m0./s1. The second kappa shape index (κ2) is 7.56. The Hall–Kier alpha value is -0.840. The highest BCUT2D eigenvalue weighted by atomic mass is 35.5. The summed E-state index contributed by atoms with van der Waals surface area (Å²) in [5.74, 6) is 0.353. The smallest absolute Gasteiger partial charge is 0.126 e. The van der Waals surface area contributed by atoms with E-state index in [9.17, 15) is 4.39 Å². The van der Waals surface area contributed by atoms with Crippen molar-refractivity contribution < 1.29 is 9.13 Å². The minimum absolute atomic E-state index is 0. The Balaban J connectivity index is 0.00000162. The van der Waals surface area contributed by atoms with E-state index in [0.29, 0.717) is 18.4 Å². The minimum atomic E-state index is -0.252. The van der Waals surface area contributed by atoms with Crippen molar-refractivity contribution in [1.82, 2.24) is 10.2 Å². The molecule has 1 N–H and O–H groups in total. The molecular formula is C13H20ClFN2O. The van der Waals surface area contributed by atoms with Crippen LogP contribution in [0.15, 0.2) is 24.3 Å². The summed E-state index contributed by atoms with van der Waals surface area (Å²) in [6, 6.07) is 6.83. The number of benzene rings is 1. The van der Waals surface area contributed by atoms with Gasteiger partial charge in [-0.25, -0.2) is 4.39 Å². The Kier molecular flexibility index (Phi) is 6.39. The Morgan fingerprint density at radius 1 is 1.50 bits per heavy atom. The largest absolute Gasteiger partial charge is 0.492 e. The Morgan fingerprint density at radius 3 is 3.06 bits per heavy atom. The molecule has 1 fully saturated rings. The Morgan fingerprint density at radius 2 is 2.33 bits per heavy atom. The first-order valence-corrected chi connectivity index (χ1v) is 6.09. The zero-order valence-corrected chi connectivity index (χ0v) is 11.4. The normalized spacial score (nSPS) is 20.2. The molecule has 0 amide bonds. The maximum Gasteiger partial charge on any atom is 0.126 e. The third kappa shape index (κ3) is 4.44. The fourth-order valence-electron chi connectivity index (χ4n) is 2.05. The van der Waals surface area contributed by atoms with Crippen molar-refractivity contribution in [3.05, 3.63) is 30.1 Å². The molecule has 1 aliphatic heterocycles. The van der Waals surface area contributed by atoms with Gasteiger partial charge in [0, 0.05) is 38.3 Å². The van der Waals surface area contributed by atoms with Crippen LogP contribution in [0.25, 0.3) is 0 Å². The Bertz CT molecular complexity index is 365. The van der Waals surface area contributed by atoms with Crippen molar-refractivity contribution in [2.24, 2.45) is 0 Å². The number of rotatable bonds is 4. The molecule has 1 aromatic rings. The van der Waals surface area contributed by atoms with Crippen LogP contribution < -0.4 is 10.1 Å². The van der Waals surface area contributed by atoms with Crippen molar-refractivity contribution in [2.45, 2.75) is 13.0 Å². The van der Waals surface area contributed by atoms with Gasteiger partial charge in [-0.3, -0.25) is 4.90 Å². The molecule has 18 heavy (non-hydrogen) atoms. The molecule has 1 heterocycles. The second-order valence-corrected chi connectivity index (χ2v) is 4.39. The van der Waals surface area contributed by atoms with Crippen LogP contribution in [0.4, 0.5) is 4.39 Å². The third-order valence-electron chi connectivity index (χ3n) is 3.08. The number of hydrogen-bond acceptors (Lipinski definition) is 3. The first-order valence-electron chi connectivity index (χ1n) is 6.09. The molecule has 0 radical (unpaired) electrons. The van der Waals surface area contributed by atoms with Crippen molar-refractivity contribution >= 4 is 12.4 Å². The molecule has 0 spiro atoms. The molecule has 1 aliphatic rings. The van der Waals surface area contributed by atoms with E-state index in [1.807, 2.05) is 0 Å². The van der Waals surface area contributed by atoms with Crippen LogP contribution in [-0.4, -0.2) is 43.7 Å². The van der Waals surface area contributed by atoms with E-state index >= 15 is 0 Å². The van der Waals surface area contributed by atoms with Crippen molar-refractivity contribution in [3.63, 3.8) is 0 Å². The topological polar surface area (TPSA) is 24.5 Å². The molecule has 0 bridgehead atoms. The zero-order valence-electron chi connectivity index (χ0n) is 10.6. The van der Waals surface area contributed by atoms with Gasteiger partial charge in [0.2, 0.25) is 0 Å². The van der Waals surface area contributed by atoms with E-state index in [4.69, 9.17) is 4.74 Å². The summed E-state index contributed by atoms with van der Waals surface area (Å²) in [5.41, 5.74) is 0. The van der Waals surface area contributed by atoms with E-state index in [2.05, 4.69) is 17.1 Å². The van der Waals surface area contributed by atoms with E-state index in [-0.39, 0.29) is 18.2 Å². The van der Waals surface area contributed by atoms with Gasteiger partial charge in [-0.2, -0.15) is 0 Å². The fourth-order valence-corrected chi connectivity index (χ4v) is 2.05. The molecule has 1 atom stereocenters. The number of nitrogens with zero attached hydrogens (tertiary/aromatic N) is 1. The van der Waals surface area contributed by atoms with E-state index < -0.39 is 0 Å². The summed E-state index contributed by atoms with van der Waals surface area (Å²) < 4.78 is 18.4. The van der Waals surface area contributed by atoms with Crippen LogP contribution in [0, 0.1) is 5.82 Å². The lowest BCUT2D eigenvalue weighted by molar-refractivity contribution is 0.143. The van der Waals surface area contributed by atoms with Crippen LogP contribution >= 0.6 is 12.4 Å². The monoisotopic (exact) mass is 274 g/mol. The van der Waals surface area contributed by atoms with Crippen molar-refractivity contribution in [3.8, 4) is 5.75 Å². The lowest BCUT2D eigenvalue weighted by atomic mass is 10.2. The van der Waals surface area contributed by atoms with Gasteiger partial charge in [-0.1, -0.05) is 6.07 Å². The summed E-state index contributed by atoms with van der Waals surface area (Å²) in [7, 11) is 0. The predicted octanol–water partition coefficient (Wildman–Crippen LogP) is 1.92. The van der Waals surface area contributed by atoms with Gasteiger partial charge < -0.3 is 10.1 Å². The molecule has 102 valence electrons. The highest BCUT2D eigenvalue weighted by molar-refractivity contribution is 5.85. The summed E-state index contributed by atoms with van der Waals surface area (Å²) in [4.78, 5) is 2.38. The maximum absolute atomic E-state index is 12.9. The predicted molar refractivity (Wildman–Crippen MR) is 73.0 cm³/mol. The average molecular weight is 275 g/mol. The summed E-state index contributed by atoms with van der Waals surface area (Å²) in [6.07, 6.45) is 0. The van der Waals surface area contributed by atoms with Crippen LogP contribution in [0.2, 0.25) is 0 Å². The third-order valence-corrected chi connectivity index (χ3v) is 3.08. The molecule has 0 aromatic heterocycles. The summed E-state index contributed by atoms with van der Waals surface area (Å²) >= 11 is 0. The van der Waals surface area contributed by atoms with E-state index in [0.717, 1.165) is 26.2 Å². The van der Waals surface area contributed by atoms with Crippen LogP contribution in [0.3, 0.4) is 0 Å². The van der Waals surface area contributed by atoms with Gasteiger partial charge in [0.15, 0.2) is 0 Å². The first-order chi connectivity index (χ1) is 8.25. The van der Waals surface area contributed by atoms with Crippen LogP contribution in [0.5, 0.6) is 5.75 Å².